The zero-order valence-electron chi connectivity index (χ0n) is 23.0. The number of aromatic nitrogens is 8. The molecule has 0 unspecified atom stereocenters. The molecule has 0 atom stereocenters. The Morgan fingerprint density at radius 1 is 1.00 bits per heavy atom. The molecule has 0 aliphatic carbocycles. The lowest BCUT2D eigenvalue weighted by atomic mass is 10.1. The van der Waals surface area contributed by atoms with Crippen molar-refractivity contribution in [2.75, 3.05) is 6.54 Å². The summed E-state index contributed by atoms with van der Waals surface area (Å²) in [5.74, 6) is -0.212. The maximum atomic E-state index is 13.4. The van der Waals surface area contributed by atoms with Crippen LogP contribution in [0.25, 0.3) is 22.2 Å². The summed E-state index contributed by atoms with van der Waals surface area (Å²) in [6.45, 7) is 1.64. The monoisotopic (exact) mass is 609 g/mol. The number of benzene rings is 2. The van der Waals surface area contributed by atoms with Crippen molar-refractivity contribution in [3.63, 3.8) is 0 Å². The molecule has 43 heavy (non-hydrogen) atoms. The number of carbonyl (C=O) groups excluding carboxylic acids is 1. The Bertz CT molecular complexity index is 2050. The van der Waals surface area contributed by atoms with Crippen molar-refractivity contribution in [2.45, 2.75) is 29.6 Å². The van der Waals surface area contributed by atoms with Crippen molar-refractivity contribution in [3.8, 4) is 11.3 Å². The molecule has 5 heterocycles. The van der Waals surface area contributed by atoms with E-state index in [2.05, 4.69) is 25.6 Å². The molecule has 11 nitrogen and oxygen atoms in total. The van der Waals surface area contributed by atoms with Gasteiger partial charge in [-0.05, 0) is 41.8 Å². The Morgan fingerprint density at radius 2 is 1.84 bits per heavy atom. The van der Waals surface area contributed by atoms with Crippen molar-refractivity contribution in [1.29, 1.82) is 0 Å². The molecule has 6 aromatic rings. The van der Waals surface area contributed by atoms with Crippen LogP contribution < -0.4 is 5.56 Å². The van der Waals surface area contributed by atoms with Crippen LogP contribution in [-0.4, -0.2) is 56.9 Å². The minimum atomic E-state index is -0.212. The normalized spacial score (nSPS) is 12.9. The SMILES string of the molecule is Cn1c(=O)c(Cn2cc(-c3cnn4c3CN(C(=O)c3ccc(Sc5ccccc5Cl)nn3)CC4)nn2)cc2ccccc21. The standard InChI is InChI=1S/C30H24ClN9O2S/c1-37-25-8-4-2-6-19(25)14-20(29(37)41)16-39-17-24(34-36-39)21-15-32-40-13-12-38(18-26(21)40)30(42)23-10-11-28(35-33-23)43-27-9-5-3-7-22(27)31/h2-11,14-15,17H,12-13,16,18H2,1H3. The number of aryl methyl sites for hydroxylation is 1. The van der Waals surface area contributed by atoms with Crippen molar-refractivity contribution in [3.05, 3.63) is 111 Å². The Labute approximate surface area is 254 Å². The summed E-state index contributed by atoms with van der Waals surface area (Å²) in [5.41, 5.74) is 3.93. The Balaban J connectivity index is 1.08. The molecule has 1 aliphatic heterocycles. The fraction of sp³-hybridized carbons (Fsp3) is 0.167. The third kappa shape index (κ3) is 5.19. The molecule has 1 amide bonds. The van der Waals surface area contributed by atoms with Gasteiger partial charge in [-0.3, -0.25) is 14.3 Å². The van der Waals surface area contributed by atoms with E-state index in [4.69, 9.17) is 11.6 Å². The lowest BCUT2D eigenvalue weighted by Crippen LogP contribution is -2.39. The predicted molar refractivity (Wildman–Crippen MR) is 162 cm³/mol. The van der Waals surface area contributed by atoms with E-state index in [1.165, 1.54) is 11.8 Å². The Hall–Kier alpha value is -4.81. The van der Waals surface area contributed by atoms with Crippen LogP contribution in [0, 0.1) is 0 Å². The third-order valence-corrected chi connectivity index (χ3v) is 8.87. The third-order valence-electron chi connectivity index (χ3n) is 7.42. The number of carbonyl (C=O) groups is 1. The summed E-state index contributed by atoms with van der Waals surface area (Å²) in [6, 6.07) is 20.6. The molecule has 13 heteroatoms. The largest absolute Gasteiger partial charge is 0.329 e. The van der Waals surface area contributed by atoms with Crippen molar-refractivity contribution in [2.24, 2.45) is 7.05 Å². The first-order valence-corrected chi connectivity index (χ1v) is 14.7. The zero-order valence-corrected chi connectivity index (χ0v) is 24.5. The number of fused-ring (bicyclic) bond motifs is 2. The molecule has 0 radical (unpaired) electrons. The summed E-state index contributed by atoms with van der Waals surface area (Å²) in [5, 5.41) is 23.9. The molecule has 4 aromatic heterocycles. The van der Waals surface area contributed by atoms with E-state index in [1.807, 2.05) is 59.3 Å². The average molecular weight is 610 g/mol. The molecule has 7 rings (SSSR count). The van der Waals surface area contributed by atoms with Gasteiger partial charge in [0.2, 0.25) is 0 Å². The number of nitrogens with zero attached hydrogens (tertiary/aromatic N) is 9. The van der Waals surface area contributed by atoms with E-state index in [9.17, 15) is 9.59 Å². The van der Waals surface area contributed by atoms with Crippen LogP contribution in [0.4, 0.5) is 0 Å². The molecule has 214 valence electrons. The molecule has 0 fully saturated rings. The van der Waals surface area contributed by atoms with Gasteiger partial charge in [0.15, 0.2) is 5.69 Å². The molecular formula is C30H24ClN9O2S. The second-order valence-electron chi connectivity index (χ2n) is 10.1. The molecule has 0 spiro atoms. The Morgan fingerprint density at radius 3 is 2.67 bits per heavy atom. The van der Waals surface area contributed by atoms with E-state index in [0.717, 1.165) is 27.1 Å². The van der Waals surface area contributed by atoms with Gasteiger partial charge < -0.3 is 9.47 Å². The number of amides is 1. The van der Waals surface area contributed by atoms with Crippen molar-refractivity contribution < 1.29 is 4.79 Å². The van der Waals surface area contributed by atoms with E-state index < -0.39 is 0 Å². The summed E-state index contributed by atoms with van der Waals surface area (Å²) in [7, 11) is 1.77. The van der Waals surface area contributed by atoms with Gasteiger partial charge in [-0.15, -0.1) is 15.3 Å². The number of halogens is 1. The van der Waals surface area contributed by atoms with Gasteiger partial charge in [-0.25, -0.2) is 4.68 Å². The van der Waals surface area contributed by atoms with E-state index in [0.29, 0.717) is 40.9 Å². The predicted octanol–water partition coefficient (Wildman–Crippen LogP) is 4.29. The highest BCUT2D eigenvalue weighted by Crippen LogP contribution is 2.32. The van der Waals surface area contributed by atoms with Crippen LogP contribution in [0.3, 0.4) is 0 Å². The summed E-state index contributed by atoms with van der Waals surface area (Å²) < 4.78 is 5.18. The van der Waals surface area contributed by atoms with E-state index in [1.54, 1.807) is 45.7 Å². The van der Waals surface area contributed by atoms with Gasteiger partial charge in [0.1, 0.15) is 10.7 Å². The van der Waals surface area contributed by atoms with Crippen LogP contribution in [-0.2, 0) is 26.7 Å². The zero-order chi connectivity index (χ0) is 29.5. The maximum Gasteiger partial charge on any atom is 0.274 e. The molecular weight excluding hydrogens is 586 g/mol. The van der Waals surface area contributed by atoms with Gasteiger partial charge in [-0.1, -0.05) is 58.9 Å². The first kappa shape index (κ1) is 27.0. The van der Waals surface area contributed by atoms with E-state index >= 15 is 0 Å². The number of hydrogen-bond acceptors (Lipinski definition) is 8. The van der Waals surface area contributed by atoms with Gasteiger partial charge in [0.05, 0.1) is 48.3 Å². The van der Waals surface area contributed by atoms with Crippen LogP contribution in [0.2, 0.25) is 5.02 Å². The first-order valence-electron chi connectivity index (χ1n) is 13.5. The Kier molecular flexibility index (Phi) is 6.99. The molecule has 0 saturated carbocycles. The summed E-state index contributed by atoms with van der Waals surface area (Å²) in [4.78, 5) is 28.9. The van der Waals surface area contributed by atoms with Gasteiger partial charge in [0.25, 0.3) is 11.5 Å². The first-order chi connectivity index (χ1) is 20.9. The highest BCUT2D eigenvalue weighted by Gasteiger charge is 2.27. The summed E-state index contributed by atoms with van der Waals surface area (Å²) >= 11 is 7.65. The van der Waals surface area contributed by atoms with Crippen LogP contribution in [0.15, 0.2) is 93.8 Å². The van der Waals surface area contributed by atoms with E-state index in [-0.39, 0.29) is 23.7 Å². The van der Waals surface area contributed by atoms with Crippen LogP contribution in [0.5, 0.6) is 0 Å². The second kappa shape index (κ2) is 11.1. The van der Waals surface area contributed by atoms with Crippen molar-refractivity contribution in [1.82, 2.24) is 44.4 Å². The highest BCUT2D eigenvalue weighted by molar-refractivity contribution is 7.99. The topological polar surface area (TPSA) is 117 Å². The van der Waals surface area contributed by atoms with Gasteiger partial charge in [0, 0.05) is 29.6 Å². The van der Waals surface area contributed by atoms with Crippen LogP contribution in [0.1, 0.15) is 21.7 Å². The fourth-order valence-corrected chi connectivity index (χ4v) is 6.21. The average Bonchev–Trinajstić information content (AvgIpc) is 3.67. The van der Waals surface area contributed by atoms with Crippen molar-refractivity contribution >= 4 is 40.2 Å². The quantitative estimate of drug-likeness (QED) is 0.275. The minimum Gasteiger partial charge on any atom is -0.329 e. The number of hydrogen-bond donors (Lipinski definition) is 0. The fourth-order valence-electron chi connectivity index (χ4n) is 5.20. The number of para-hydroxylation sites is 1. The molecule has 0 bridgehead atoms. The smallest absolute Gasteiger partial charge is 0.274 e. The lowest BCUT2D eigenvalue weighted by molar-refractivity contribution is 0.0699. The molecule has 0 N–H and O–H groups in total. The van der Waals surface area contributed by atoms with Crippen LogP contribution >= 0.6 is 23.4 Å². The second-order valence-corrected chi connectivity index (χ2v) is 11.6. The van der Waals surface area contributed by atoms with Gasteiger partial charge in [-0.2, -0.15) is 5.10 Å². The molecule has 0 saturated heterocycles. The molecule has 1 aliphatic rings. The molecule has 2 aromatic carbocycles. The number of pyridine rings is 1. The van der Waals surface area contributed by atoms with Gasteiger partial charge >= 0.3 is 0 Å². The highest BCUT2D eigenvalue weighted by atomic mass is 35.5. The number of rotatable bonds is 6. The maximum absolute atomic E-state index is 13.4. The lowest BCUT2D eigenvalue weighted by Gasteiger charge is -2.28. The minimum absolute atomic E-state index is 0.0774. The summed E-state index contributed by atoms with van der Waals surface area (Å²) in [6.07, 6.45) is 3.54.